The third-order valence-corrected chi connectivity index (χ3v) is 4.52. The van der Waals surface area contributed by atoms with Crippen LogP contribution in [0, 0.1) is 5.82 Å². The van der Waals surface area contributed by atoms with Crippen molar-refractivity contribution in [3.8, 4) is 0 Å². The second-order valence-electron chi connectivity index (χ2n) is 6.57. The number of hydrogen-bond donors (Lipinski definition) is 0. The second kappa shape index (κ2) is 6.69. The predicted molar refractivity (Wildman–Crippen MR) is 91.6 cm³/mol. The van der Waals surface area contributed by atoms with E-state index in [-0.39, 0.29) is 17.1 Å². The summed E-state index contributed by atoms with van der Waals surface area (Å²) in [4.78, 5) is 19.6. The molecule has 0 aliphatic carbocycles. The lowest BCUT2D eigenvalue weighted by molar-refractivity contribution is 0.516. The Morgan fingerprint density at radius 1 is 1.09 bits per heavy atom. The van der Waals surface area contributed by atoms with Gasteiger partial charge in [0, 0.05) is 19.1 Å². The van der Waals surface area contributed by atoms with Crippen molar-refractivity contribution < 1.29 is 4.39 Å². The third-order valence-electron chi connectivity index (χ3n) is 4.52. The van der Waals surface area contributed by atoms with E-state index in [4.69, 9.17) is 0 Å². The van der Waals surface area contributed by atoms with E-state index in [1.54, 1.807) is 16.7 Å². The predicted octanol–water partition coefficient (Wildman–Crippen LogP) is 3.89. The van der Waals surface area contributed by atoms with Crippen LogP contribution in [0.1, 0.15) is 52.0 Å². The second-order valence-corrected chi connectivity index (χ2v) is 6.57. The van der Waals surface area contributed by atoms with E-state index in [0.717, 1.165) is 25.9 Å². The fourth-order valence-electron chi connectivity index (χ4n) is 3.31. The zero-order chi connectivity index (χ0) is 16.4. The Balaban J connectivity index is 2.19. The molecular weight excluding hydrogens is 293 g/mol. The Bertz CT molecular complexity index is 746. The molecule has 0 bridgehead atoms. The van der Waals surface area contributed by atoms with Crippen LogP contribution in [0.4, 0.5) is 10.3 Å². The van der Waals surface area contributed by atoms with Crippen LogP contribution in [0.2, 0.25) is 0 Å². The normalized spacial score (nSPS) is 16.6. The summed E-state index contributed by atoms with van der Waals surface area (Å²) in [5, 5.41) is 0.356. The van der Waals surface area contributed by atoms with Gasteiger partial charge in [-0.1, -0.05) is 25.3 Å². The molecule has 0 unspecified atom stereocenters. The van der Waals surface area contributed by atoms with Gasteiger partial charge in [-0.25, -0.2) is 9.37 Å². The Morgan fingerprint density at radius 2 is 1.74 bits per heavy atom. The number of halogens is 1. The molecule has 0 spiro atoms. The van der Waals surface area contributed by atoms with Crippen molar-refractivity contribution in [1.82, 2.24) is 9.55 Å². The number of benzene rings is 1. The molecule has 0 saturated carbocycles. The van der Waals surface area contributed by atoms with Gasteiger partial charge in [0.15, 0.2) is 0 Å². The van der Waals surface area contributed by atoms with Gasteiger partial charge in [-0.2, -0.15) is 0 Å². The number of anilines is 1. The van der Waals surface area contributed by atoms with E-state index in [9.17, 15) is 9.18 Å². The lowest BCUT2D eigenvalue weighted by atomic mass is 10.1. The molecule has 2 aromatic rings. The minimum Gasteiger partial charge on any atom is -0.342 e. The monoisotopic (exact) mass is 317 g/mol. The average molecular weight is 317 g/mol. The zero-order valence-electron chi connectivity index (χ0n) is 13.9. The van der Waals surface area contributed by atoms with Gasteiger partial charge in [0.1, 0.15) is 11.3 Å². The highest BCUT2D eigenvalue weighted by Crippen LogP contribution is 2.23. The van der Waals surface area contributed by atoms with Gasteiger partial charge < -0.3 is 4.90 Å². The van der Waals surface area contributed by atoms with E-state index in [1.165, 1.54) is 25.3 Å². The molecule has 1 saturated heterocycles. The van der Waals surface area contributed by atoms with Gasteiger partial charge in [-0.05, 0) is 38.8 Å². The maximum Gasteiger partial charge on any atom is 0.263 e. The highest BCUT2D eigenvalue weighted by molar-refractivity contribution is 5.79. The van der Waals surface area contributed by atoms with Crippen molar-refractivity contribution in [2.75, 3.05) is 18.0 Å². The Labute approximate surface area is 135 Å². The van der Waals surface area contributed by atoms with E-state index < -0.39 is 5.82 Å². The van der Waals surface area contributed by atoms with Crippen molar-refractivity contribution in [2.24, 2.45) is 0 Å². The fourth-order valence-corrected chi connectivity index (χ4v) is 3.31. The van der Waals surface area contributed by atoms with Crippen LogP contribution < -0.4 is 10.5 Å². The Morgan fingerprint density at radius 3 is 2.39 bits per heavy atom. The van der Waals surface area contributed by atoms with Crippen molar-refractivity contribution in [3.05, 3.63) is 34.4 Å². The lowest BCUT2D eigenvalue weighted by Gasteiger charge is -2.29. The van der Waals surface area contributed by atoms with Gasteiger partial charge in [-0.15, -0.1) is 0 Å². The molecule has 2 heterocycles. The molecule has 0 N–H and O–H groups in total. The molecule has 1 aliphatic heterocycles. The summed E-state index contributed by atoms with van der Waals surface area (Å²) in [5.74, 6) is 0.188. The van der Waals surface area contributed by atoms with E-state index in [0.29, 0.717) is 11.3 Å². The number of para-hydroxylation sites is 1. The van der Waals surface area contributed by atoms with Crippen molar-refractivity contribution in [1.29, 1.82) is 0 Å². The molecular formula is C18H24FN3O. The molecule has 3 rings (SSSR count). The zero-order valence-corrected chi connectivity index (χ0v) is 13.9. The number of hydrogen-bond acceptors (Lipinski definition) is 3. The maximum absolute atomic E-state index is 14.2. The van der Waals surface area contributed by atoms with Crippen LogP contribution in [0.15, 0.2) is 23.0 Å². The Hall–Kier alpha value is -1.91. The number of rotatable bonds is 2. The van der Waals surface area contributed by atoms with Crippen molar-refractivity contribution in [3.63, 3.8) is 0 Å². The van der Waals surface area contributed by atoms with E-state index >= 15 is 0 Å². The molecule has 23 heavy (non-hydrogen) atoms. The molecule has 1 aromatic carbocycles. The average Bonchev–Trinajstić information content (AvgIpc) is 2.47. The summed E-state index contributed by atoms with van der Waals surface area (Å²) in [6.45, 7) is 5.70. The van der Waals surface area contributed by atoms with Gasteiger partial charge in [0.25, 0.3) is 5.56 Å². The van der Waals surface area contributed by atoms with Crippen molar-refractivity contribution in [2.45, 2.75) is 52.0 Å². The molecule has 1 aliphatic rings. The van der Waals surface area contributed by atoms with Crippen LogP contribution in [-0.2, 0) is 0 Å². The van der Waals surface area contributed by atoms with Gasteiger partial charge in [0.05, 0.1) is 5.39 Å². The molecule has 1 aromatic heterocycles. The minimum absolute atomic E-state index is 0.0110. The minimum atomic E-state index is -0.427. The fraction of sp³-hybridized carbons (Fsp3) is 0.556. The van der Waals surface area contributed by atoms with Gasteiger partial charge >= 0.3 is 0 Å². The molecule has 0 radical (unpaired) electrons. The molecule has 0 amide bonds. The summed E-state index contributed by atoms with van der Waals surface area (Å²) < 4.78 is 15.9. The third kappa shape index (κ3) is 3.09. The SMILES string of the molecule is CC(C)n1c(N2CCCCCCC2)nc2c(F)cccc2c1=O. The van der Waals surface area contributed by atoms with Crippen LogP contribution >= 0.6 is 0 Å². The highest BCUT2D eigenvalue weighted by atomic mass is 19.1. The van der Waals surface area contributed by atoms with Crippen LogP contribution in [0.25, 0.3) is 10.9 Å². The first-order chi connectivity index (χ1) is 11.1. The van der Waals surface area contributed by atoms with Crippen LogP contribution in [0.3, 0.4) is 0 Å². The summed E-state index contributed by atoms with van der Waals surface area (Å²) in [7, 11) is 0. The lowest BCUT2D eigenvalue weighted by Crippen LogP contribution is -2.36. The topological polar surface area (TPSA) is 38.1 Å². The number of nitrogens with zero attached hydrogens (tertiary/aromatic N) is 3. The molecule has 5 heteroatoms. The van der Waals surface area contributed by atoms with Crippen LogP contribution in [-0.4, -0.2) is 22.6 Å². The Kier molecular flexibility index (Phi) is 4.64. The highest BCUT2D eigenvalue weighted by Gasteiger charge is 2.20. The summed E-state index contributed by atoms with van der Waals surface area (Å²) in [5.41, 5.74) is 0.0352. The van der Waals surface area contributed by atoms with E-state index in [1.807, 2.05) is 13.8 Å². The van der Waals surface area contributed by atoms with Gasteiger partial charge in [0.2, 0.25) is 5.95 Å². The van der Waals surface area contributed by atoms with Crippen molar-refractivity contribution >= 4 is 16.9 Å². The first kappa shape index (κ1) is 16.0. The largest absolute Gasteiger partial charge is 0.342 e. The molecule has 4 nitrogen and oxygen atoms in total. The standard InChI is InChI=1S/C18H24FN3O/c1-13(2)22-17(23)14-9-8-10-15(19)16(14)20-18(22)21-11-6-4-3-5-7-12-21/h8-10,13H,3-7,11-12H2,1-2H3. The molecule has 124 valence electrons. The number of aromatic nitrogens is 2. The maximum atomic E-state index is 14.2. The van der Waals surface area contributed by atoms with Gasteiger partial charge in [-0.3, -0.25) is 9.36 Å². The molecule has 1 fully saturated rings. The molecule has 0 atom stereocenters. The first-order valence-corrected chi connectivity index (χ1v) is 8.55. The van der Waals surface area contributed by atoms with E-state index in [2.05, 4.69) is 9.88 Å². The number of fused-ring (bicyclic) bond motifs is 1. The smallest absolute Gasteiger partial charge is 0.263 e. The summed E-state index contributed by atoms with van der Waals surface area (Å²) in [6, 6.07) is 4.58. The van der Waals surface area contributed by atoms with Crippen LogP contribution in [0.5, 0.6) is 0 Å². The summed E-state index contributed by atoms with van der Waals surface area (Å²) >= 11 is 0. The first-order valence-electron chi connectivity index (χ1n) is 8.55. The summed E-state index contributed by atoms with van der Waals surface area (Å²) in [6.07, 6.45) is 5.84. The quantitative estimate of drug-likeness (QED) is 0.843.